The number of piperazine rings is 1. The number of aromatic nitrogens is 6. The molecule has 0 spiro atoms. The SMILES string of the molecule is O=C(NCCn1ncc2c(N3CCN(c4ncccn4)CC3)ncnc21)c1ccc(=O)oc1. The van der Waals surface area contributed by atoms with Crippen LogP contribution in [0.25, 0.3) is 11.0 Å². The van der Waals surface area contributed by atoms with E-state index in [9.17, 15) is 9.59 Å². The first-order chi connectivity index (χ1) is 16.2. The summed E-state index contributed by atoms with van der Waals surface area (Å²) in [6.07, 6.45) is 7.93. The highest BCUT2D eigenvalue weighted by molar-refractivity contribution is 5.93. The monoisotopic (exact) mass is 447 g/mol. The van der Waals surface area contributed by atoms with Gasteiger partial charge in [-0.25, -0.2) is 29.4 Å². The fraction of sp³-hybridized carbons (Fsp3) is 0.286. The third-order valence-corrected chi connectivity index (χ3v) is 5.40. The highest BCUT2D eigenvalue weighted by Crippen LogP contribution is 2.24. The highest BCUT2D eigenvalue weighted by atomic mass is 16.4. The molecule has 1 amide bonds. The fourth-order valence-electron chi connectivity index (χ4n) is 3.73. The summed E-state index contributed by atoms with van der Waals surface area (Å²) in [5.74, 6) is 1.24. The Kier molecular flexibility index (Phi) is 5.62. The van der Waals surface area contributed by atoms with Crippen LogP contribution in [0.2, 0.25) is 0 Å². The molecule has 1 fully saturated rings. The summed E-state index contributed by atoms with van der Waals surface area (Å²) in [6, 6.07) is 4.44. The maximum Gasteiger partial charge on any atom is 0.335 e. The van der Waals surface area contributed by atoms with Crippen LogP contribution in [0.1, 0.15) is 10.4 Å². The Morgan fingerprint density at radius 1 is 1.03 bits per heavy atom. The molecule has 0 bridgehead atoms. The van der Waals surface area contributed by atoms with Crippen LogP contribution in [-0.4, -0.2) is 68.3 Å². The minimum absolute atomic E-state index is 0.282. The first kappa shape index (κ1) is 20.5. The molecule has 1 aliphatic heterocycles. The van der Waals surface area contributed by atoms with Crippen LogP contribution in [-0.2, 0) is 6.54 Å². The van der Waals surface area contributed by atoms with E-state index in [1.54, 1.807) is 29.3 Å². The Balaban J connectivity index is 1.23. The highest BCUT2D eigenvalue weighted by Gasteiger charge is 2.22. The van der Waals surface area contributed by atoms with Crippen molar-refractivity contribution in [2.75, 3.05) is 42.5 Å². The molecule has 4 aromatic rings. The van der Waals surface area contributed by atoms with Crippen molar-refractivity contribution in [3.05, 3.63) is 65.4 Å². The fourth-order valence-corrected chi connectivity index (χ4v) is 3.73. The minimum Gasteiger partial charge on any atom is -0.430 e. The zero-order valence-electron chi connectivity index (χ0n) is 17.7. The summed E-state index contributed by atoms with van der Waals surface area (Å²) < 4.78 is 6.46. The number of hydrogen-bond donors (Lipinski definition) is 1. The standard InChI is InChI=1S/C21H21N9O3/c31-17-3-2-15(13-33-17)20(32)22-6-7-30-19-16(12-27-30)18(25-14-26-19)28-8-10-29(11-9-28)21-23-4-1-5-24-21/h1-5,12-14H,6-11H2,(H,22,32). The Morgan fingerprint density at radius 3 is 2.58 bits per heavy atom. The van der Waals surface area contributed by atoms with Gasteiger partial charge < -0.3 is 19.5 Å². The quantitative estimate of drug-likeness (QED) is 0.440. The number of carbonyl (C=O) groups excluding carboxylic acids is 1. The summed E-state index contributed by atoms with van der Waals surface area (Å²) in [5.41, 5.74) is 0.484. The van der Waals surface area contributed by atoms with E-state index in [1.165, 1.54) is 18.5 Å². The Labute approximate surface area is 187 Å². The largest absolute Gasteiger partial charge is 0.430 e. The minimum atomic E-state index is -0.500. The van der Waals surface area contributed by atoms with Crippen molar-refractivity contribution < 1.29 is 9.21 Å². The van der Waals surface area contributed by atoms with Crippen LogP contribution in [0.5, 0.6) is 0 Å². The number of nitrogens with one attached hydrogen (secondary N) is 1. The van der Waals surface area contributed by atoms with Crippen LogP contribution in [0.4, 0.5) is 11.8 Å². The number of anilines is 2. The number of amides is 1. The maximum absolute atomic E-state index is 12.2. The van der Waals surface area contributed by atoms with E-state index in [1.807, 2.05) is 0 Å². The molecule has 5 heterocycles. The molecule has 0 radical (unpaired) electrons. The van der Waals surface area contributed by atoms with Crippen molar-refractivity contribution in [1.82, 2.24) is 35.0 Å². The molecule has 1 aliphatic rings. The number of carbonyl (C=O) groups is 1. The number of rotatable bonds is 6. The third kappa shape index (κ3) is 4.35. The number of nitrogens with zero attached hydrogens (tertiary/aromatic N) is 8. The average molecular weight is 447 g/mol. The van der Waals surface area contributed by atoms with Gasteiger partial charge in [-0.05, 0) is 12.1 Å². The van der Waals surface area contributed by atoms with Crippen LogP contribution in [0.15, 0.2) is 58.6 Å². The second kappa shape index (κ2) is 9.02. The Morgan fingerprint density at radius 2 is 1.82 bits per heavy atom. The lowest BCUT2D eigenvalue weighted by Gasteiger charge is -2.35. The van der Waals surface area contributed by atoms with Crippen LogP contribution >= 0.6 is 0 Å². The van der Waals surface area contributed by atoms with Crippen LogP contribution < -0.4 is 20.7 Å². The second-order valence-corrected chi connectivity index (χ2v) is 7.42. The summed E-state index contributed by atoms with van der Waals surface area (Å²) >= 11 is 0. The van der Waals surface area contributed by atoms with Crippen molar-refractivity contribution in [1.29, 1.82) is 0 Å². The molecule has 168 valence electrons. The van der Waals surface area contributed by atoms with E-state index >= 15 is 0 Å². The van der Waals surface area contributed by atoms with Crippen LogP contribution in [0.3, 0.4) is 0 Å². The van der Waals surface area contributed by atoms with Gasteiger partial charge in [0.1, 0.15) is 18.4 Å². The first-order valence-electron chi connectivity index (χ1n) is 10.5. The van der Waals surface area contributed by atoms with Gasteiger partial charge in [-0.3, -0.25) is 4.79 Å². The molecule has 0 aliphatic carbocycles. The lowest BCUT2D eigenvalue weighted by Crippen LogP contribution is -2.47. The van der Waals surface area contributed by atoms with Gasteiger partial charge in [-0.2, -0.15) is 5.10 Å². The lowest BCUT2D eigenvalue weighted by atomic mass is 10.3. The molecule has 0 saturated carbocycles. The molecule has 0 aromatic carbocycles. The Hall–Kier alpha value is -4.35. The van der Waals surface area contributed by atoms with E-state index in [0.29, 0.717) is 18.7 Å². The van der Waals surface area contributed by atoms with Crippen molar-refractivity contribution in [2.45, 2.75) is 6.54 Å². The predicted octanol–water partition coefficient (Wildman–Crippen LogP) is 0.326. The molecule has 12 nitrogen and oxygen atoms in total. The van der Waals surface area contributed by atoms with Crippen molar-refractivity contribution in [3.63, 3.8) is 0 Å². The number of hydrogen-bond acceptors (Lipinski definition) is 10. The third-order valence-electron chi connectivity index (χ3n) is 5.40. The Bertz CT molecular complexity index is 1290. The van der Waals surface area contributed by atoms with Gasteiger partial charge in [0.25, 0.3) is 5.91 Å². The first-order valence-corrected chi connectivity index (χ1v) is 10.5. The van der Waals surface area contributed by atoms with E-state index in [-0.39, 0.29) is 11.5 Å². The lowest BCUT2D eigenvalue weighted by molar-refractivity contribution is 0.0949. The van der Waals surface area contributed by atoms with Gasteiger partial charge in [-0.1, -0.05) is 0 Å². The molecular weight excluding hydrogens is 426 g/mol. The molecule has 1 saturated heterocycles. The summed E-state index contributed by atoms with van der Waals surface area (Å²) in [4.78, 5) is 45.1. The molecule has 5 rings (SSSR count). The molecule has 33 heavy (non-hydrogen) atoms. The smallest absolute Gasteiger partial charge is 0.335 e. The van der Waals surface area contributed by atoms with Gasteiger partial charge in [0.2, 0.25) is 5.95 Å². The molecule has 0 unspecified atom stereocenters. The predicted molar refractivity (Wildman–Crippen MR) is 119 cm³/mol. The molecule has 1 N–H and O–H groups in total. The number of fused-ring (bicyclic) bond motifs is 1. The van der Waals surface area contributed by atoms with Crippen LogP contribution in [0, 0.1) is 0 Å². The van der Waals surface area contributed by atoms with Gasteiger partial charge >= 0.3 is 5.63 Å². The van der Waals surface area contributed by atoms with Crippen molar-refractivity contribution >= 4 is 28.7 Å². The van der Waals surface area contributed by atoms with Crippen molar-refractivity contribution in [3.8, 4) is 0 Å². The normalized spacial score (nSPS) is 13.9. The van der Waals surface area contributed by atoms with Crippen molar-refractivity contribution in [2.24, 2.45) is 0 Å². The molecule has 12 heteroatoms. The van der Waals surface area contributed by atoms with Gasteiger partial charge in [-0.15, -0.1) is 0 Å². The molecule has 4 aromatic heterocycles. The zero-order chi connectivity index (χ0) is 22.6. The average Bonchev–Trinajstić information content (AvgIpc) is 3.28. The van der Waals surface area contributed by atoms with Gasteiger partial charge in [0.15, 0.2) is 5.65 Å². The van der Waals surface area contributed by atoms with E-state index in [4.69, 9.17) is 4.42 Å². The van der Waals surface area contributed by atoms with Gasteiger partial charge in [0.05, 0.1) is 23.7 Å². The van der Waals surface area contributed by atoms with Gasteiger partial charge in [0, 0.05) is 51.2 Å². The summed E-state index contributed by atoms with van der Waals surface area (Å²) in [5, 5.41) is 8.09. The summed E-state index contributed by atoms with van der Waals surface area (Å²) in [7, 11) is 0. The molecule has 0 atom stereocenters. The second-order valence-electron chi connectivity index (χ2n) is 7.42. The zero-order valence-corrected chi connectivity index (χ0v) is 17.7. The molecular formula is C21H21N9O3. The maximum atomic E-state index is 12.2. The summed E-state index contributed by atoms with van der Waals surface area (Å²) in [6.45, 7) is 3.90. The van der Waals surface area contributed by atoms with E-state index in [2.05, 4.69) is 40.2 Å². The van der Waals surface area contributed by atoms with E-state index < -0.39 is 5.63 Å². The topological polar surface area (TPSA) is 135 Å². The van der Waals surface area contributed by atoms with E-state index in [0.717, 1.165) is 49.6 Å².